The number of hydrogen-bond acceptors (Lipinski definition) is 6. The van der Waals surface area contributed by atoms with E-state index in [0.717, 1.165) is 5.56 Å². The van der Waals surface area contributed by atoms with Crippen molar-refractivity contribution < 1.29 is 14.6 Å². The van der Waals surface area contributed by atoms with Crippen molar-refractivity contribution in [3.05, 3.63) is 54.7 Å². The minimum absolute atomic E-state index is 0.0499. The molecule has 0 bridgehead atoms. The van der Waals surface area contributed by atoms with Crippen molar-refractivity contribution in [1.29, 1.82) is 0 Å². The van der Waals surface area contributed by atoms with Crippen LogP contribution >= 0.6 is 0 Å². The second-order valence-electron chi connectivity index (χ2n) is 5.86. The molecule has 26 heavy (non-hydrogen) atoms. The zero-order valence-electron chi connectivity index (χ0n) is 14.0. The lowest BCUT2D eigenvalue weighted by Gasteiger charge is -2.26. The number of phenols is 1. The van der Waals surface area contributed by atoms with Crippen molar-refractivity contribution in [2.45, 2.75) is 0 Å². The van der Waals surface area contributed by atoms with E-state index >= 15 is 0 Å². The van der Waals surface area contributed by atoms with E-state index in [1.807, 2.05) is 24.3 Å². The Morgan fingerprint density at radius 3 is 2.92 bits per heavy atom. The number of phenolic OH excluding ortho intramolecular Hbond substituents is 1. The molecule has 1 aromatic heterocycles. The van der Waals surface area contributed by atoms with Gasteiger partial charge in [0.2, 0.25) is 5.95 Å². The second-order valence-corrected chi connectivity index (χ2v) is 5.86. The molecule has 0 aliphatic carbocycles. The van der Waals surface area contributed by atoms with Crippen LogP contribution in [0.5, 0.6) is 11.5 Å². The molecule has 1 amide bonds. The van der Waals surface area contributed by atoms with Crippen molar-refractivity contribution in [3.8, 4) is 22.8 Å². The number of hydrogen-bond donors (Lipinski definition) is 2. The van der Waals surface area contributed by atoms with Gasteiger partial charge in [-0.25, -0.2) is 9.97 Å². The molecule has 0 spiro atoms. The van der Waals surface area contributed by atoms with Gasteiger partial charge in [-0.05, 0) is 36.4 Å². The van der Waals surface area contributed by atoms with Crippen molar-refractivity contribution in [2.75, 3.05) is 23.9 Å². The fourth-order valence-electron chi connectivity index (χ4n) is 2.72. The molecular weight excluding hydrogens is 332 g/mol. The van der Waals surface area contributed by atoms with Crippen molar-refractivity contribution in [3.63, 3.8) is 0 Å². The van der Waals surface area contributed by atoms with Crippen molar-refractivity contribution >= 4 is 23.2 Å². The number of carbonyl (C=O) groups is 1. The number of benzene rings is 2. The van der Waals surface area contributed by atoms with E-state index in [9.17, 15) is 9.90 Å². The second kappa shape index (κ2) is 6.36. The Kier molecular flexibility index (Phi) is 3.89. The molecule has 0 saturated heterocycles. The van der Waals surface area contributed by atoms with Gasteiger partial charge >= 0.3 is 0 Å². The number of aromatic hydroxyl groups is 1. The molecular formula is C19H16N4O3. The van der Waals surface area contributed by atoms with Gasteiger partial charge in [-0.3, -0.25) is 4.79 Å². The zero-order chi connectivity index (χ0) is 18.1. The minimum atomic E-state index is -0.0939. The summed E-state index contributed by atoms with van der Waals surface area (Å²) in [5, 5.41) is 12.6. The van der Waals surface area contributed by atoms with Crippen LogP contribution in [0.25, 0.3) is 11.3 Å². The summed E-state index contributed by atoms with van der Waals surface area (Å²) in [4.78, 5) is 22.1. The molecule has 2 N–H and O–H groups in total. The van der Waals surface area contributed by atoms with E-state index in [4.69, 9.17) is 4.74 Å². The Balaban J connectivity index is 1.66. The van der Waals surface area contributed by atoms with E-state index in [2.05, 4.69) is 15.3 Å². The first-order valence-corrected chi connectivity index (χ1v) is 8.03. The third kappa shape index (κ3) is 3.02. The lowest BCUT2D eigenvalue weighted by molar-refractivity contribution is -0.120. The maximum Gasteiger partial charge on any atom is 0.264 e. The van der Waals surface area contributed by atoms with Gasteiger partial charge in [0.05, 0.1) is 11.4 Å². The standard InChI is InChI=1S/C19H16N4O3/c1-23-16-9-12(5-6-17(16)26-11-18(23)25)15-7-8-20-19(22-15)21-13-3-2-4-14(24)10-13/h2-10,24H,11H2,1H3,(H,20,21,22). The maximum absolute atomic E-state index is 11.8. The average molecular weight is 348 g/mol. The highest BCUT2D eigenvalue weighted by atomic mass is 16.5. The maximum atomic E-state index is 11.8. The molecule has 7 heteroatoms. The molecule has 7 nitrogen and oxygen atoms in total. The van der Waals surface area contributed by atoms with Crippen LogP contribution < -0.4 is 15.0 Å². The first kappa shape index (κ1) is 15.9. The van der Waals surface area contributed by atoms with Crippen LogP contribution in [0.1, 0.15) is 0 Å². The van der Waals surface area contributed by atoms with Crippen LogP contribution in [-0.2, 0) is 4.79 Å². The van der Waals surface area contributed by atoms with Crippen LogP contribution in [0.2, 0.25) is 0 Å². The van der Waals surface area contributed by atoms with E-state index < -0.39 is 0 Å². The monoisotopic (exact) mass is 348 g/mol. The highest BCUT2D eigenvalue weighted by Gasteiger charge is 2.22. The fraction of sp³-hybridized carbons (Fsp3) is 0.105. The third-order valence-electron chi connectivity index (χ3n) is 4.10. The smallest absolute Gasteiger partial charge is 0.264 e. The number of rotatable bonds is 3. The number of likely N-dealkylation sites (N-methyl/N-ethyl adjacent to an activating group) is 1. The summed E-state index contributed by atoms with van der Waals surface area (Å²) < 4.78 is 5.45. The number of anilines is 3. The van der Waals surface area contributed by atoms with Crippen molar-refractivity contribution in [2.24, 2.45) is 0 Å². The van der Waals surface area contributed by atoms with Gasteiger partial charge in [0.25, 0.3) is 5.91 Å². The summed E-state index contributed by atoms with van der Waals surface area (Å²) in [6, 6.07) is 14.1. The summed E-state index contributed by atoms with van der Waals surface area (Å²) in [5.41, 5.74) is 2.94. The Labute approximate surface area is 149 Å². The highest BCUT2D eigenvalue weighted by Crippen LogP contribution is 2.35. The molecule has 0 radical (unpaired) electrons. The molecule has 130 valence electrons. The summed E-state index contributed by atoms with van der Waals surface area (Å²) in [6.07, 6.45) is 1.65. The van der Waals surface area contributed by atoms with E-state index in [1.54, 1.807) is 42.4 Å². The normalized spacial score (nSPS) is 13.1. The summed E-state index contributed by atoms with van der Waals surface area (Å²) in [7, 11) is 1.72. The number of nitrogens with zero attached hydrogens (tertiary/aromatic N) is 3. The van der Waals surface area contributed by atoms with Gasteiger partial charge in [-0.2, -0.15) is 0 Å². The Hall–Kier alpha value is -3.61. The van der Waals surface area contributed by atoms with Gasteiger partial charge in [-0.15, -0.1) is 0 Å². The van der Waals surface area contributed by atoms with Crippen LogP contribution in [0, 0.1) is 0 Å². The molecule has 2 heterocycles. The van der Waals surface area contributed by atoms with Crippen LogP contribution in [-0.4, -0.2) is 34.6 Å². The topological polar surface area (TPSA) is 87.6 Å². The number of amides is 1. The minimum Gasteiger partial charge on any atom is -0.508 e. The molecule has 0 unspecified atom stereocenters. The summed E-state index contributed by atoms with van der Waals surface area (Å²) in [6.45, 7) is 0.0499. The molecule has 2 aromatic carbocycles. The predicted molar refractivity (Wildman–Crippen MR) is 97.8 cm³/mol. The molecule has 3 aromatic rings. The molecule has 0 atom stereocenters. The van der Waals surface area contributed by atoms with Gasteiger partial charge in [0, 0.05) is 30.6 Å². The Bertz CT molecular complexity index is 990. The Morgan fingerprint density at radius 2 is 2.08 bits per heavy atom. The van der Waals surface area contributed by atoms with Gasteiger partial charge < -0.3 is 20.1 Å². The van der Waals surface area contributed by atoms with Gasteiger partial charge in [0.1, 0.15) is 11.5 Å². The van der Waals surface area contributed by atoms with Gasteiger partial charge in [0.15, 0.2) is 6.61 Å². The third-order valence-corrected chi connectivity index (χ3v) is 4.10. The first-order valence-electron chi connectivity index (χ1n) is 8.03. The molecule has 4 rings (SSSR count). The van der Waals surface area contributed by atoms with E-state index in [1.165, 1.54) is 0 Å². The SMILES string of the molecule is CN1C(=O)COc2ccc(-c3ccnc(Nc4cccc(O)c4)n3)cc21. The number of ether oxygens (including phenoxy) is 1. The fourth-order valence-corrected chi connectivity index (χ4v) is 2.72. The molecule has 0 fully saturated rings. The molecule has 1 aliphatic rings. The van der Waals surface area contributed by atoms with E-state index in [-0.39, 0.29) is 18.3 Å². The van der Waals surface area contributed by atoms with Crippen LogP contribution in [0.3, 0.4) is 0 Å². The summed E-state index contributed by atoms with van der Waals surface area (Å²) >= 11 is 0. The first-order chi connectivity index (χ1) is 12.6. The van der Waals surface area contributed by atoms with Crippen LogP contribution in [0.15, 0.2) is 54.7 Å². The number of fused-ring (bicyclic) bond motifs is 1. The number of carbonyl (C=O) groups excluding carboxylic acids is 1. The summed E-state index contributed by atoms with van der Waals surface area (Å²) in [5.74, 6) is 1.15. The van der Waals surface area contributed by atoms with Gasteiger partial charge in [-0.1, -0.05) is 6.07 Å². The average Bonchev–Trinajstić information content (AvgIpc) is 2.65. The number of aromatic nitrogens is 2. The van der Waals surface area contributed by atoms with Crippen molar-refractivity contribution in [1.82, 2.24) is 9.97 Å². The predicted octanol–water partition coefficient (Wildman–Crippen LogP) is 2.95. The number of nitrogens with one attached hydrogen (secondary N) is 1. The quantitative estimate of drug-likeness (QED) is 0.757. The highest BCUT2D eigenvalue weighted by molar-refractivity contribution is 5.98. The van der Waals surface area contributed by atoms with Crippen LogP contribution in [0.4, 0.5) is 17.3 Å². The zero-order valence-corrected chi connectivity index (χ0v) is 14.0. The molecule has 1 aliphatic heterocycles. The van der Waals surface area contributed by atoms with E-state index in [0.29, 0.717) is 28.8 Å². The molecule has 0 saturated carbocycles. The Morgan fingerprint density at radius 1 is 1.19 bits per heavy atom. The largest absolute Gasteiger partial charge is 0.508 e. The lowest BCUT2D eigenvalue weighted by atomic mass is 10.1. The lowest BCUT2D eigenvalue weighted by Crippen LogP contribution is -2.35.